The van der Waals surface area contributed by atoms with Crippen LogP contribution in [-0.4, -0.2) is 27.0 Å². The molecule has 3 rings (SSSR count). The molecule has 27 heavy (non-hydrogen) atoms. The highest BCUT2D eigenvalue weighted by molar-refractivity contribution is 6.11. The van der Waals surface area contributed by atoms with Crippen LogP contribution in [0.5, 0.6) is 0 Å². The zero-order valence-corrected chi connectivity index (χ0v) is 14.9. The van der Waals surface area contributed by atoms with E-state index in [1.165, 1.54) is 0 Å². The van der Waals surface area contributed by atoms with Crippen LogP contribution in [0.15, 0.2) is 42.7 Å². The lowest BCUT2D eigenvalue weighted by atomic mass is 10.1. The molecule has 7 heteroatoms. The highest BCUT2D eigenvalue weighted by atomic mass is 16.5. The molecule has 0 aliphatic carbocycles. The third-order valence-corrected chi connectivity index (χ3v) is 4.42. The second-order valence-corrected chi connectivity index (χ2v) is 6.40. The number of carbonyl (C=O) groups excluding carboxylic acids is 2. The summed E-state index contributed by atoms with van der Waals surface area (Å²) < 4.78 is 0. The van der Waals surface area contributed by atoms with Crippen LogP contribution in [0.4, 0.5) is 5.69 Å². The minimum Gasteiger partial charge on any atom is -0.325 e. The maximum atomic E-state index is 12.3. The van der Waals surface area contributed by atoms with Gasteiger partial charge in [0, 0.05) is 36.0 Å². The fourth-order valence-electron chi connectivity index (χ4n) is 3.07. The first-order valence-electron chi connectivity index (χ1n) is 9.04. The summed E-state index contributed by atoms with van der Waals surface area (Å²) in [4.78, 5) is 32.1. The molecule has 0 bridgehead atoms. The number of unbranched alkanes of at least 4 members (excludes halogenated alkanes) is 3. The number of hydrogen-bond donors (Lipinski definition) is 3. The van der Waals surface area contributed by atoms with Crippen molar-refractivity contribution in [1.29, 1.82) is 0 Å². The maximum Gasteiger partial charge on any atom is 0.243 e. The van der Waals surface area contributed by atoms with E-state index in [2.05, 4.69) is 15.3 Å². The summed E-state index contributed by atoms with van der Waals surface area (Å²) >= 11 is 0. The molecule has 3 aromatic rings. The largest absolute Gasteiger partial charge is 0.325 e. The number of amides is 2. The first-order valence-corrected chi connectivity index (χ1v) is 9.04. The summed E-state index contributed by atoms with van der Waals surface area (Å²) in [6.45, 7) is 0. The molecule has 3 N–H and O–H groups in total. The van der Waals surface area contributed by atoms with Gasteiger partial charge in [0.1, 0.15) is 0 Å². The normalized spacial score (nSPS) is 10.9. The van der Waals surface area contributed by atoms with Gasteiger partial charge in [0.15, 0.2) is 0 Å². The quantitative estimate of drug-likeness (QED) is 0.245. The number of fused-ring (bicyclic) bond motifs is 3. The standard InChI is InChI=1S/C20H22N4O3/c25-17(9-3-1-2-4-10-18(26)24-27)23-16-13-14-7-5-11-21-19(14)20-15(16)8-6-12-22-20/h5-8,11-13,27H,1-4,9-10H2,(H,23,25)(H,24,26). The van der Waals surface area contributed by atoms with Gasteiger partial charge < -0.3 is 5.32 Å². The average Bonchev–Trinajstić information content (AvgIpc) is 2.70. The third kappa shape index (κ3) is 4.77. The molecule has 7 nitrogen and oxygen atoms in total. The third-order valence-electron chi connectivity index (χ3n) is 4.42. The minimum absolute atomic E-state index is 0.0449. The summed E-state index contributed by atoms with van der Waals surface area (Å²) in [6.07, 6.45) is 7.31. The van der Waals surface area contributed by atoms with Crippen LogP contribution in [0.2, 0.25) is 0 Å². The van der Waals surface area contributed by atoms with Gasteiger partial charge in [0.05, 0.1) is 16.7 Å². The predicted molar refractivity (Wildman–Crippen MR) is 103 cm³/mol. The van der Waals surface area contributed by atoms with Crippen molar-refractivity contribution in [2.24, 2.45) is 0 Å². The Kier molecular flexibility index (Phi) is 6.27. The fourth-order valence-corrected chi connectivity index (χ4v) is 3.07. The van der Waals surface area contributed by atoms with Gasteiger partial charge in [0.2, 0.25) is 11.8 Å². The number of carbonyl (C=O) groups is 2. The number of hydroxylamine groups is 1. The molecule has 0 fully saturated rings. The molecule has 0 saturated heterocycles. The molecule has 1 aromatic carbocycles. The van der Waals surface area contributed by atoms with Crippen molar-refractivity contribution >= 4 is 39.3 Å². The van der Waals surface area contributed by atoms with Crippen molar-refractivity contribution in [1.82, 2.24) is 15.4 Å². The summed E-state index contributed by atoms with van der Waals surface area (Å²) in [6, 6.07) is 9.51. The smallest absolute Gasteiger partial charge is 0.243 e. The zero-order valence-electron chi connectivity index (χ0n) is 14.9. The molecule has 0 saturated carbocycles. The number of benzene rings is 1. The van der Waals surface area contributed by atoms with Crippen LogP contribution in [0.25, 0.3) is 21.8 Å². The van der Waals surface area contributed by atoms with E-state index >= 15 is 0 Å². The van der Waals surface area contributed by atoms with E-state index in [0.717, 1.165) is 46.8 Å². The Labute approximate surface area is 156 Å². The highest BCUT2D eigenvalue weighted by Crippen LogP contribution is 2.29. The van der Waals surface area contributed by atoms with Crippen LogP contribution in [0.1, 0.15) is 38.5 Å². The topological polar surface area (TPSA) is 104 Å². The van der Waals surface area contributed by atoms with Crippen molar-refractivity contribution in [3.8, 4) is 0 Å². The predicted octanol–water partition coefficient (Wildman–Crippen LogP) is 3.57. The van der Waals surface area contributed by atoms with Crippen molar-refractivity contribution in [2.75, 3.05) is 5.32 Å². The number of aromatic nitrogens is 2. The maximum absolute atomic E-state index is 12.3. The van der Waals surface area contributed by atoms with Gasteiger partial charge in [-0.05, 0) is 37.1 Å². The Hall–Kier alpha value is -3.06. The molecule has 2 amide bonds. The molecule has 0 atom stereocenters. The van der Waals surface area contributed by atoms with E-state index in [1.54, 1.807) is 17.9 Å². The minimum atomic E-state index is -0.376. The second kappa shape index (κ2) is 9.05. The van der Waals surface area contributed by atoms with Gasteiger partial charge in [-0.3, -0.25) is 24.8 Å². The zero-order chi connectivity index (χ0) is 19.1. The lowest BCUT2D eigenvalue weighted by Gasteiger charge is -2.10. The lowest BCUT2D eigenvalue weighted by molar-refractivity contribution is -0.129. The Morgan fingerprint density at radius 2 is 1.56 bits per heavy atom. The van der Waals surface area contributed by atoms with Crippen LogP contribution < -0.4 is 10.8 Å². The molecule has 2 heterocycles. The molecule has 0 aliphatic heterocycles. The van der Waals surface area contributed by atoms with E-state index < -0.39 is 0 Å². The fraction of sp³-hybridized carbons (Fsp3) is 0.300. The van der Waals surface area contributed by atoms with Crippen LogP contribution >= 0.6 is 0 Å². The highest BCUT2D eigenvalue weighted by Gasteiger charge is 2.10. The van der Waals surface area contributed by atoms with E-state index in [0.29, 0.717) is 19.3 Å². The second-order valence-electron chi connectivity index (χ2n) is 6.40. The van der Waals surface area contributed by atoms with Gasteiger partial charge in [-0.1, -0.05) is 18.9 Å². The van der Waals surface area contributed by atoms with Crippen molar-refractivity contribution in [2.45, 2.75) is 38.5 Å². The Morgan fingerprint density at radius 3 is 2.30 bits per heavy atom. The van der Waals surface area contributed by atoms with Crippen LogP contribution in [-0.2, 0) is 9.59 Å². The van der Waals surface area contributed by atoms with Gasteiger partial charge in [-0.25, -0.2) is 5.48 Å². The van der Waals surface area contributed by atoms with Crippen molar-refractivity contribution in [3.63, 3.8) is 0 Å². The van der Waals surface area contributed by atoms with Gasteiger partial charge in [-0.15, -0.1) is 0 Å². The van der Waals surface area contributed by atoms with E-state index in [1.807, 2.05) is 30.3 Å². The summed E-state index contributed by atoms with van der Waals surface area (Å²) in [5, 5.41) is 13.2. The number of hydrogen-bond acceptors (Lipinski definition) is 5. The van der Waals surface area contributed by atoms with Crippen LogP contribution in [0.3, 0.4) is 0 Å². The number of nitrogens with one attached hydrogen (secondary N) is 2. The molecule has 2 aromatic heterocycles. The summed E-state index contributed by atoms with van der Waals surface area (Å²) in [5.74, 6) is -0.421. The van der Waals surface area contributed by atoms with Crippen molar-refractivity contribution in [3.05, 3.63) is 42.7 Å². The summed E-state index contributed by atoms with van der Waals surface area (Å²) in [7, 11) is 0. The Bertz CT molecular complexity index is 958. The Balaban J connectivity index is 1.60. The Morgan fingerprint density at radius 1 is 0.889 bits per heavy atom. The number of rotatable bonds is 8. The van der Waals surface area contributed by atoms with Crippen molar-refractivity contribution < 1.29 is 14.8 Å². The van der Waals surface area contributed by atoms with Gasteiger partial charge in [-0.2, -0.15) is 0 Å². The molecular weight excluding hydrogens is 344 g/mol. The van der Waals surface area contributed by atoms with E-state index in [-0.39, 0.29) is 11.8 Å². The van der Waals surface area contributed by atoms with E-state index in [9.17, 15) is 9.59 Å². The van der Waals surface area contributed by atoms with Crippen LogP contribution in [0, 0.1) is 0 Å². The lowest BCUT2D eigenvalue weighted by Crippen LogP contribution is -2.17. The molecule has 140 valence electrons. The number of anilines is 1. The number of nitrogens with zero attached hydrogens (tertiary/aromatic N) is 2. The molecule has 0 aliphatic rings. The first kappa shape index (κ1) is 18.7. The van der Waals surface area contributed by atoms with Gasteiger partial charge in [0.25, 0.3) is 0 Å². The number of pyridine rings is 2. The molecule has 0 radical (unpaired) electrons. The van der Waals surface area contributed by atoms with E-state index in [4.69, 9.17) is 5.21 Å². The molecular formula is C20H22N4O3. The molecule has 0 unspecified atom stereocenters. The monoisotopic (exact) mass is 366 g/mol. The first-order chi connectivity index (χ1) is 13.2. The SMILES string of the molecule is O=C(CCCCCCC(=O)Nc1cc2cccnc2c2ncccc12)NO. The summed E-state index contributed by atoms with van der Waals surface area (Å²) in [5.41, 5.74) is 3.94. The van der Waals surface area contributed by atoms with Gasteiger partial charge >= 0.3 is 0 Å². The average molecular weight is 366 g/mol. The molecule has 0 spiro atoms.